The zero-order valence-corrected chi connectivity index (χ0v) is 21.6. The predicted octanol–water partition coefficient (Wildman–Crippen LogP) is 6.20. The Balaban J connectivity index is 1.36. The highest BCUT2D eigenvalue weighted by atomic mass is 32.2. The monoisotopic (exact) mass is 559 g/mol. The van der Waals surface area contributed by atoms with Crippen LogP contribution < -0.4 is 4.90 Å². The number of phenols is 1. The number of benzene rings is 3. The van der Waals surface area contributed by atoms with Crippen LogP contribution >= 0.6 is 23.1 Å². The lowest BCUT2D eigenvalue weighted by Gasteiger charge is -2.23. The molecular formula is C28H18FN3O5S2. The van der Waals surface area contributed by atoms with Crippen LogP contribution in [-0.2, 0) is 10.5 Å². The molecule has 0 saturated carbocycles. The van der Waals surface area contributed by atoms with E-state index in [1.807, 2.05) is 0 Å². The number of aliphatic hydroxyl groups is 1. The van der Waals surface area contributed by atoms with Crippen molar-refractivity contribution in [1.29, 1.82) is 0 Å². The molecule has 0 spiro atoms. The first-order chi connectivity index (χ1) is 18.9. The van der Waals surface area contributed by atoms with Gasteiger partial charge in [0.15, 0.2) is 15.9 Å². The lowest BCUT2D eigenvalue weighted by atomic mass is 9.95. The summed E-state index contributed by atoms with van der Waals surface area (Å²) in [6, 6.07) is 19.7. The number of aromatic nitrogens is 2. The molecular weight excluding hydrogens is 541 g/mol. The largest absolute Gasteiger partial charge is 0.508 e. The van der Waals surface area contributed by atoms with E-state index in [1.165, 1.54) is 40.9 Å². The standard InChI is InChI=1S/C28H18FN3O5S2/c29-18-10-8-15(9-11-18)14-38-28-31-30-27(39-28)32-23(17-5-3-6-19(33)12-17)22(25(35)26(32)36)24(34)21-13-16-4-1-2-7-20(16)37-21/h1-13,23,33,35H,14H2/t23-/m0/s1. The fourth-order valence-corrected chi connectivity index (χ4v) is 6.18. The zero-order valence-electron chi connectivity index (χ0n) is 19.9. The number of carbonyl (C=O) groups excluding carboxylic acids is 2. The molecule has 0 fully saturated rings. The maximum Gasteiger partial charge on any atom is 0.296 e. The van der Waals surface area contributed by atoms with Crippen molar-refractivity contribution < 1.29 is 28.6 Å². The van der Waals surface area contributed by atoms with Gasteiger partial charge >= 0.3 is 0 Å². The van der Waals surface area contributed by atoms with E-state index in [9.17, 15) is 24.2 Å². The van der Waals surface area contributed by atoms with Crippen molar-refractivity contribution >= 4 is 50.9 Å². The summed E-state index contributed by atoms with van der Waals surface area (Å²) >= 11 is 2.46. The summed E-state index contributed by atoms with van der Waals surface area (Å²) in [5, 5.41) is 30.3. The third-order valence-corrected chi connectivity index (χ3v) is 8.29. The Morgan fingerprint density at radius 3 is 2.59 bits per heavy atom. The topological polar surface area (TPSA) is 117 Å². The molecule has 0 bridgehead atoms. The van der Waals surface area contributed by atoms with Crippen molar-refractivity contribution in [2.24, 2.45) is 0 Å². The molecule has 1 amide bonds. The molecule has 1 atom stereocenters. The van der Waals surface area contributed by atoms with Crippen LogP contribution in [0.15, 0.2) is 99.0 Å². The first kappa shape index (κ1) is 24.8. The van der Waals surface area contributed by atoms with Crippen molar-refractivity contribution in [3.8, 4) is 5.75 Å². The van der Waals surface area contributed by atoms with Gasteiger partial charge in [-0.2, -0.15) is 0 Å². The second-order valence-electron chi connectivity index (χ2n) is 8.68. The van der Waals surface area contributed by atoms with Gasteiger partial charge in [-0.15, -0.1) is 10.2 Å². The van der Waals surface area contributed by atoms with Gasteiger partial charge in [-0.05, 0) is 47.5 Å². The van der Waals surface area contributed by atoms with Crippen molar-refractivity contribution in [3.63, 3.8) is 0 Å². The van der Waals surface area contributed by atoms with Gasteiger partial charge in [0.2, 0.25) is 10.9 Å². The smallest absolute Gasteiger partial charge is 0.296 e. The van der Waals surface area contributed by atoms with Crippen molar-refractivity contribution in [2.45, 2.75) is 16.1 Å². The fraction of sp³-hybridized carbons (Fsp3) is 0.0714. The summed E-state index contributed by atoms with van der Waals surface area (Å²) in [7, 11) is 0. The zero-order chi connectivity index (χ0) is 27.1. The highest BCUT2D eigenvalue weighted by molar-refractivity contribution is 8.00. The maximum atomic E-state index is 13.7. The summed E-state index contributed by atoms with van der Waals surface area (Å²) in [5.74, 6) is -2.16. The second kappa shape index (κ2) is 10.0. The molecule has 1 aliphatic rings. The van der Waals surface area contributed by atoms with Gasteiger partial charge in [0, 0.05) is 11.1 Å². The number of ketones is 1. The number of amides is 1. The van der Waals surface area contributed by atoms with E-state index in [0.29, 0.717) is 26.6 Å². The number of para-hydroxylation sites is 1. The van der Waals surface area contributed by atoms with Gasteiger partial charge in [0.05, 0.1) is 11.6 Å². The SMILES string of the molecule is O=C(C1=C(O)C(=O)N(c2nnc(SCc3ccc(F)cc3)s2)[C@H]1c1cccc(O)c1)c1cc2ccccc2o1. The number of thioether (sulfide) groups is 1. The summed E-state index contributed by atoms with van der Waals surface area (Å²) < 4.78 is 19.5. The molecule has 2 aromatic heterocycles. The lowest BCUT2D eigenvalue weighted by molar-refractivity contribution is -0.117. The summed E-state index contributed by atoms with van der Waals surface area (Å²) in [4.78, 5) is 28.3. The highest BCUT2D eigenvalue weighted by Crippen LogP contribution is 2.44. The predicted molar refractivity (Wildman–Crippen MR) is 144 cm³/mol. The molecule has 0 radical (unpaired) electrons. The molecule has 0 saturated heterocycles. The quantitative estimate of drug-likeness (QED) is 0.137. The minimum Gasteiger partial charge on any atom is -0.508 e. The molecule has 2 N–H and O–H groups in total. The number of halogens is 1. The molecule has 8 nitrogen and oxygen atoms in total. The second-order valence-corrected chi connectivity index (χ2v) is 10.9. The number of nitrogens with zero attached hydrogens (tertiary/aromatic N) is 3. The van der Waals surface area contributed by atoms with Gasteiger partial charge in [-0.1, -0.05) is 65.6 Å². The van der Waals surface area contributed by atoms with Crippen LogP contribution in [0.2, 0.25) is 0 Å². The number of aliphatic hydroxyl groups excluding tert-OH is 1. The van der Waals surface area contributed by atoms with E-state index in [2.05, 4.69) is 10.2 Å². The number of hydrogen-bond acceptors (Lipinski definition) is 9. The molecule has 39 heavy (non-hydrogen) atoms. The van der Waals surface area contributed by atoms with E-state index >= 15 is 0 Å². The molecule has 6 rings (SSSR count). The maximum absolute atomic E-state index is 13.7. The number of anilines is 1. The van der Waals surface area contributed by atoms with Gasteiger partial charge in [0.25, 0.3) is 5.91 Å². The first-order valence-corrected chi connectivity index (χ1v) is 13.5. The number of furan rings is 1. The van der Waals surface area contributed by atoms with E-state index < -0.39 is 23.5 Å². The van der Waals surface area contributed by atoms with Gasteiger partial charge in [0.1, 0.15) is 17.1 Å². The Labute approximate surface area is 229 Å². The molecule has 3 aromatic carbocycles. The Bertz CT molecular complexity index is 1730. The molecule has 11 heteroatoms. The van der Waals surface area contributed by atoms with Gasteiger partial charge in [-0.25, -0.2) is 4.39 Å². The van der Waals surface area contributed by atoms with E-state index in [1.54, 1.807) is 54.6 Å². The van der Waals surface area contributed by atoms with Gasteiger partial charge < -0.3 is 14.6 Å². The van der Waals surface area contributed by atoms with Crippen molar-refractivity contribution in [1.82, 2.24) is 10.2 Å². The molecule has 5 aromatic rings. The Morgan fingerprint density at radius 2 is 1.82 bits per heavy atom. The van der Waals surface area contributed by atoms with Crippen LogP contribution in [0.1, 0.15) is 27.7 Å². The Morgan fingerprint density at radius 1 is 1.03 bits per heavy atom. The third-order valence-electron chi connectivity index (χ3n) is 6.17. The number of Topliss-reactive ketones (excluding diaryl/α,β-unsaturated/α-hetero) is 1. The first-order valence-electron chi connectivity index (χ1n) is 11.7. The van der Waals surface area contributed by atoms with Crippen LogP contribution in [0.5, 0.6) is 5.75 Å². The molecule has 0 aliphatic carbocycles. The number of hydrogen-bond donors (Lipinski definition) is 2. The van der Waals surface area contributed by atoms with Crippen LogP contribution in [0.25, 0.3) is 11.0 Å². The Kier molecular flexibility index (Phi) is 6.37. The third kappa shape index (κ3) is 4.66. The summed E-state index contributed by atoms with van der Waals surface area (Å²) in [5.41, 5.74) is 1.57. The van der Waals surface area contributed by atoms with Crippen LogP contribution in [0, 0.1) is 5.82 Å². The normalized spacial score (nSPS) is 15.5. The van der Waals surface area contributed by atoms with Gasteiger partial charge in [-0.3, -0.25) is 14.5 Å². The lowest BCUT2D eigenvalue weighted by Crippen LogP contribution is -2.31. The highest BCUT2D eigenvalue weighted by Gasteiger charge is 2.47. The number of fused-ring (bicyclic) bond motifs is 1. The van der Waals surface area contributed by atoms with E-state index in [4.69, 9.17) is 4.42 Å². The molecule has 194 valence electrons. The summed E-state index contributed by atoms with van der Waals surface area (Å²) in [6.07, 6.45) is 0. The number of carbonyl (C=O) groups is 2. The van der Waals surface area contributed by atoms with Crippen LogP contribution in [0.3, 0.4) is 0 Å². The fourth-order valence-electron chi connectivity index (χ4n) is 4.36. The minimum atomic E-state index is -1.09. The average molecular weight is 560 g/mol. The van der Waals surface area contributed by atoms with Crippen LogP contribution in [-0.4, -0.2) is 32.1 Å². The number of aromatic hydroxyl groups is 1. The van der Waals surface area contributed by atoms with Crippen molar-refractivity contribution in [2.75, 3.05) is 4.90 Å². The Hall–Kier alpha value is -4.48. The molecule has 3 heterocycles. The average Bonchev–Trinajstić information content (AvgIpc) is 3.64. The number of rotatable bonds is 7. The molecule has 0 unspecified atom stereocenters. The number of phenolic OH excluding ortho intramolecular Hbond substituents is 1. The van der Waals surface area contributed by atoms with E-state index in [0.717, 1.165) is 16.9 Å². The van der Waals surface area contributed by atoms with Crippen LogP contribution in [0.4, 0.5) is 9.52 Å². The minimum absolute atomic E-state index is 0.0367. The van der Waals surface area contributed by atoms with Crippen molar-refractivity contribution in [3.05, 3.63) is 113 Å². The summed E-state index contributed by atoms with van der Waals surface area (Å²) in [6.45, 7) is 0. The van der Waals surface area contributed by atoms with E-state index in [-0.39, 0.29) is 28.0 Å². The molecule has 1 aliphatic heterocycles.